The summed E-state index contributed by atoms with van der Waals surface area (Å²) >= 11 is 1.44. The number of rotatable bonds is 5. The second kappa shape index (κ2) is 6.23. The van der Waals surface area contributed by atoms with Crippen molar-refractivity contribution in [1.29, 1.82) is 0 Å². The van der Waals surface area contributed by atoms with Crippen molar-refractivity contribution >= 4 is 23.5 Å². The second-order valence-corrected chi connectivity index (χ2v) is 3.88. The fraction of sp³-hybridized carbons (Fsp3) is 0.444. The lowest BCUT2D eigenvalue weighted by atomic mass is 10.4. The Kier molecular flexibility index (Phi) is 4.89. The van der Waals surface area contributed by atoms with Crippen LogP contribution < -0.4 is 11.1 Å². The molecule has 0 bridgehead atoms. The molecular weight excluding hydrogens is 212 g/mol. The molecule has 0 saturated carbocycles. The Morgan fingerprint density at radius 1 is 1.53 bits per heavy atom. The van der Waals surface area contributed by atoms with Gasteiger partial charge in [0.1, 0.15) is 5.03 Å². The number of hydrogen-bond acceptors (Lipinski definition) is 5. The maximum absolute atomic E-state index is 11.1. The summed E-state index contributed by atoms with van der Waals surface area (Å²) in [6.45, 7) is 2.56. The molecule has 1 rings (SSSR count). The van der Waals surface area contributed by atoms with Crippen LogP contribution >= 0.6 is 11.8 Å². The first-order valence-corrected chi connectivity index (χ1v) is 5.68. The van der Waals surface area contributed by atoms with E-state index in [0.717, 1.165) is 0 Å². The number of nitrogens with two attached hydrogens (primary N) is 1. The SMILES string of the molecule is CCNC(=O)CCSc1nccnc1N. The van der Waals surface area contributed by atoms with Gasteiger partial charge in [-0.1, -0.05) is 0 Å². The zero-order valence-corrected chi connectivity index (χ0v) is 9.38. The van der Waals surface area contributed by atoms with Crippen LogP contribution in [0.2, 0.25) is 0 Å². The van der Waals surface area contributed by atoms with E-state index in [1.807, 2.05) is 6.92 Å². The minimum absolute atomic E-state index is 0.0486. The van der Waals surface area contributed by atoms with Gasteiger partial charge in [-0.15, -0.1) is 11.8 Å². The zero-order valence-electron chi connectivity index (χ0n) is 8.56. The molecule has 0 radical (unpaired) electrons. The molecule has 1 amide bonds. The van der Waals surface area contributed by atoms with E-state index in [9.17, 15) is 4.79 Å². The van der Waals surface area contributed by atoms with Crippen LogP contribution in [-0.2, 0) is 4.79 Å². The Hall–Kier alpha value is -1.30. The van der Waals surface area contributed by atoms with Gasteiger partial charge >= 0.3 is 0 Å². The minimum atomic E-state index is 0.0486. The first-order valence-electron chi connectivity index (χ1n) is 4.70. The van der Waals surface area contributed by atoms with Crippen LogP contribution in [0.25, 0.3) is 0 Å². The van der Waals surface area contributed by atoms with Gasteiger partial charge in [0.25, 0.3) is 0 Å². The van der Waals surface area contributed by atoms with Crippen molar-refractivity contribution in [3.63, 3.8) is 0 Å². The molecule has 5 nitrogen and oxygen atoms in total. The van der Waals surface area contributed by atoms with Gasteiger partial charge in [0, 0.05) is 31.1 Å². The monoisotopic (exact) mass is 226 g/mol. The summed E-state index contributed by atoms with van der Waals surface area (Å²) in [5, 5.41) is 3.41. The zero-order chi connectivity index (χ0) is 11.1. The Balaban J connectivity index is 2.32. The Morgan fingerprint density at radius 3 is 2.93 bits per heavy atom. The molecule has 0 aliphatic rings. The first-order chi connectivity index (χ1) is 7.24. The summed E-state index contributed by atoms with van der Waals surface area (Å²) < 4.78 is 0. The van der Waals surface area contributed by atoms with Crippen LogP contribution in [0, 0.1) is 0 Å². The minimum Gasteiger partial charge on any atom is -0.381 e. The van der Waals surface area contributed by atoms with Gasteiger partial charge < -0.3 is 11.1 Å². The van der Waals surface area contributed by atoms with Gasteiger partial charge in [0.15, 0.2) is 5.82 Å². The molecule has 1 aromatic heterocycles. The molecule has 0 atom stereocenters. The van der Waals surface area contributed by atoms with Crippen molar-refractivity contribution < 1.29 is 4.79 Å². The van der Waals surface area contributed by atoms with Crippen LogP contribution in [0.15, 0.2) is 17.4 Å². The summed E-state index contributed by atoms with van der Waals surface area (Å²) in [7, 11) is 0. The highest BCUT2D eigenvalue weighted by Crippen LogP contribution is 2.19. The molecule has 0 fully saturated rings. The molecule has 0 unspecified atom stereocenters. The molecular formula is C9H14N4OS. The molecule has 0 spiro atoms. The van der Waals surface area contributed by atoms with E-state index in [-0.39, 0.29) is 5.91 Å². The number of nitrogens with zero attached hydrogens (tertiary/aromatic N) is 2. The third kappa shape index (κ3) is 4.16. The highest BCUT2D eigenvalue weighted by Gasteiger charge is 2.04. The molecule has 82 valence electrons. The van der Waals surface area contributed by atoms with Crippen LogP contribution in [0.3, 0.4) is 0 Å². The van der Waals surface area contributed by atoms with Crippen LogP contribution in [0.5, 0.6) is 0 Å². The second-order valence-electron chi connectivity index (χ2n) is 2.80. The van der Waals surface area contributed by atoms with Gasteiger partial charge in [-0.25, -0.2) is 9.97 Å². The van der Waals surface area contributed by atoms with Gasteiger partial charge in [-0.3, -0.25) is 4.79 Å². The van der Waals surface area contributed by atoms with Crippen molar-refractivity contribution in [2.45, 2.75) is 18.4 Å². The van der Waals surface area contributed by atoms with Crippen molar-refractivity contribution in [1.82, 2.24) is 15.3 Å². The Labute approximate surface area is 92.9 Å². The molecule has 0 aliphatic heterocycles. The van der Waals surface area contributed by atoms with Gasteiger partial charge in [-0.2, -0.15) is 0 Å². The molecule has 3 N–H and O–H groups in total. The largest absolute Gasteiger partial charge is 0.381 e. The molecule has 0 saturated heterocycles. The first kappa shape index (κ1) is 11.8. The smallest absolute Gasteiger partial charge is 0.220 e. The number of carbonyl (C=O) groups excluding carboxylic acids is 1. The molecule has 15 heavy (non-hydrogen) atoms. The van der Waals surface area contributed by atoms with E-state index in [0.29, 0.717) is 29.6 Å². The average Bonchev–Trinajstić information content (AvgIpc) is 2.21. The highest BCUT2D eigenvalue weighted by molar-refractivity contribution is 7.99. The lowest BCUT2D eigenvalue weighted by Crippen LogP contribution is -2.22. The predicted molar refractivity (Wildman–Crippen MR) is 60.5 cm³/mol. The third-order valence-electron chi connectivity index (χ3n) is 1.63. The molecule has 6 heteroatoms. The lowest BCUT2D eigenvalue weighted by molar-refractivity contribution is -0.120. The maximum Gasteiger partial charge on any atom is 0.220 e. The molecule has 1 heterocycles. The summed E-state index contributed by atoms with van der Waals surface area (Å²) in [5.74, 6) is 1.13. The summed E-state index contributed by atoms with van der Waals surface area (Å²) in [6, 6.07) is 0. The fourth-order valence-electron chi connectivity index (χ4n) is 0.973. The Morgan fingerprint density at radius 2 is 2.27 bits per heavy atom. The number of anilines is 1. The van der Waals surface area contributed by atoms with Crippen LogP contribution in [0.4, 0.5) is 5.82 Å². The number of aromatic nitrogens is 2. The van der Waals surface area contributed by atoms with Gasteiger partial charge in [0.2, 0.25) is 5.91 Å². The number of nitrogen functional groups attached to an aromatic ring is 1. The molecule has 0 aliphatic carbocycles. The van der Waals surface area contributed by atoms with Crippen LogP contribution in [-0.4, -0.2) is 28.2 Å². The number of amides is 1. The average molecular weight is 226 g/mol. The summed E-state index contributed by atoms with van der Waals surface area (Å²) in [4.78, 5) is 19.1. The topological polar surface area (TPSA) is 80.9 Å². The quantitative estimate of drug-likeness (QED) is 0.721. The third-order valence-corrected chi connectivity index (χ3v) is 2.63. The number of hydrogen-bond donors (Lipinski definition) is 2. The standard InChI is InChI=1S/C9H14N4OS/c1-2-11-7(14)3-6-15-9-8(10)12-4-5-13-9/h4-5H,2-3,6H2,1H3,(H2,10,12)(H,11,14). The fourth-order valence-corrected chi connectivity index (χ4v) is 1.79. The highest BCUT2D eigenvalue weighted by atomic mass is 32.2. The number of thioether (sulfide) groups is 1. The van der Waals surface area contributed by atoms with Crippen molar-refractivity contribution in [3.8, 4) is 0 Å². The van der Waals surface area contributed by atoms with E-state index in [1.54, 1.807) is 12.4 Å². The normalized spacial score (nSPS) is 9.93. The summed E-state index contributed by atoms with van der Waals surface area (Å²) in [6.07, 6.45) is 3.60. The molecule has 0 aromatic carbocycles. The number of carbonyl (C=O) groups is 1. The lowest BCUT2D eigenvalue weighted by Gasteiger charge is -2.03. The number of nitrogens with one attached hydrogen (secondary N) is 1. The van der Waals surface area contributed by atoms with Crippen molar-refractivity contribution in [2.24, 2.45) is 0 Å². The van der Waals surface area contributed by atoms with E-state index < -0.39 is 0 Å². The summed E-state index contributed by atoms with van der Waals surface area (Å²) in [5.41, 5.74) is 5.60. The van der Waals surface area contributed by atoms with Crippen LogP contribution in [0.1, 0.15) is 13.3 Å². The van der Waals surface area contributed by atoms with E-state index in [1.165, 1.54) is 11.8 Å². The van der Waals surface area contributed by atoms with Crippen molar-refractivity contribution in [2.75, 3.05) is 18.0 Å². The van der Waals surface area contributed by atoms with Gasteiger partial charge in [-0.05, 0) is 6.92 Å². The molecule has 1 aromatic rings. The van der Waals surface area contributed by atoms with Crippen molar-refractivity contribution in [3.05, 3.63) is 12.4 Å². The van der Waals surface area contributed by atoms with E-state index in [2.05, 4.69) is 15.3 Å². The Bertz CT molecular complexity index is 332. The van der Waals surface area contributed by atoms with E-state index in [4.69, 9.17) is 5.73 Å². The van der Waals surface area contributed by atoms with E-state index >= 15 is 0 Å². The van der Waals surface area contributed by atoms with Gasteiger partial charge in [0.05, 0.1) is 0 Å². The maximum atomic E-state index is 11.1. The predicted octanol–water partition coefficient (Wildman–Crippen LogP) is 0.677.